The summed E-state index contributed by atoms with van der Waals surface area (Å²) in [4.78, 5) is 4.51. The highest BCUT2D eigenvalue weighted by atomic mass is 16.6. The number of hydrogen-bond donors (Lipinski definition) is 1. The van der Waals surface area contributed by atoms with Crippen LogP contribution in [0.1, 0.15) is 38.9 Å². The molecule has 0 unspecified atom stereocenters. The van der Waals surface area contributed by atoms with Crippen molar-refractivity contribution >= 4 is 5.71 Å². The molecule has 1 aromatic rings. The zero-order valence-electron chi connectivity index (χ0n) is 10.6. The highest BCUT2D eigenvalue weighted by Crippen LogP contribution is 2.34. The van der Waals surface area contributed by atoms with Crippen LogP contribution in [0.5, 0.6) is 0 Å². The minimum absolute atomic E-state index is 0.0317. The first kappa shape index (κ1) is 12.3. The van der Waals surface area contributed by atoms with Crippen molar-refractivity contribution in [3.63, 3.8) is 0 Å². The molecule has 0 saturated carbocycles. The standard InChI is InChI=1S/C14H19NO2/c1-4-14(16)11(3)15-10(2)13(17-14)12-8-6-5-7-9-12/h5-10,13,16H,4H2,1-3H3/t10-,13-,14-/m0/s1. The average Bonchev–Trinajstić information content (AvgIpc) is 2.35. The van der Waals surface area contributed by atoms with Gasteiger partial charge in [0.15, 0.2) is 0 Å². The van der Waals surface area contributed by atoms with Crippen LogP contribution in [-0.4, -0.2) is 22.6 Å². The number of aliphatic imine (C=N–C) groups is 1. The van der Waals surface area contributed by atoms with E-state index in [4.69, 9.17) is 4.74 Å². The molecule has 0 amide bonds. The Bertz CT molecular complexity index is 415. The van der Waals surface area contributed by atoms with Crippen LogP contribution in [0, 0.1) is 0 Å². The summed E-state index contributed by atoms with van der Waals surface area (Å²) in [5.74, 6) is -1.22. The zero-order valence-corrected chi connectivity index (χ0v) is 10.6. The highest BCUT2D eigenvalue weighted by Gasteiger charge is 2.39. The molecule has 0 saturated heterocycles. The lowest BCUT2D eigenvalue weighted by Crippen LogP contribution is -2.46. The minimum Gasteiger partial charge on any atom is -0.361 e. The van der Waals surface area contributed by atoms with Crippen molar-refractivity contribution < 1.29 is 9.84 Å². The molecule has 1 aliphatic heterocycles. The van der Waals surface area contributed by atoms with E-state index < -0.39 is 5.79 Å². The second kappa shape index (κ2) is 4.59. The Morgan fingerprint density at radius 3 is 2.59 bits per heavy atom. The number of aliphatic hydroxyl groups is 1. The zero-order chi connectivity index (χ0) is 12.5. The highest BCUT2D eigenvalue weighted by molar-refractivity contribution is 5.89. The molecule has 17 heavy (non-hydrogen) atoms. The lowest BCUT2D eigenvalue weighted by atomic mass is 9.98. The van der Waals surface area contributed by atoms with Crippen molar-refractivity contribution in [3.8, 4) is 0 Å². The van der Waals surface area contributed by atoms with Crippen molar-refractivity contribution in [2.45, 2.75) is 45.1 Å². The van der Waals surface area contributed by atoms with E-state index in [1.54, 1.807) is 0 Å². The Balaban J connectivity index is 2.33. The monoisotopic (exact) mass is 233 g/mol. The van der Waals surface area contributed by atoms with Crippen molar-refractivity contribution in [1.29, 1.82) is 0 Å². The molecule has 3 atom stereocenters. The second-order valence-electron chi connectivity index (χ2n) is 4.54. The number of ether oxygens (including phenoxy) is 1. The quantitative estimate of drug-likeness (QED) is 0.853. The summed E-state index contributed by atoms with van der Waals surface area (Å²) in [6, 6.07) is 9.96. The molecule has 3 heteroatoms. The maximum atomic E-state index is 10.3. The molecule has 2 rings (SSSR count). The van der Waals surface area contributed by atoms with Gasteiger partial charge in [-0.05, 0) is 19.4 Å². The first-order valence-electron chi connectivity index (χ1n) is 6.07. The topological polar surface area (TPSA) is 41.8 Å². The summed E-state index contributed by atoms with van der Waals surface area (Å²) in [6.45, 7) is 5.73. The van der Waals surface area contributed by atoms with Crippen LogP contribution in [0.15, 0.2) is 35.3 Å². The Morgan fingerprint density at radius 1 is 1.35 bits per heavy atom. The lowest BCUT2D eigenvalue weighted by Gasteiger charge is -2.38. The van der Waals surface area contributed by atoms with Gasteiger partial charge in [-0.2, -0.15) is 0 Å². The summed E-state index contributed by atoms with van der Waals surface area (Å²) < 4.78 is 5.86. The molecule has 1 heterocycles. The van der Waals surface area contributed by atoms with Crippen molar-refractivity contribution in [1.82, 2.24) is 0 Å². The number of rotatable bonds is 2. The normalized spacial score (nSPS) is 33.3. The Labute approximate surface area is 102 Å². The smallest absolute Gasteiger partial charge is 0.205 e. The van der Waals surface area contributed by atoms with Gasteiger partial charge in [-0.1, -0.05) is 37.3 Å². The molecule has 0 fully saturated rings. The molecule has 1 N–H and O–H groups in total. The van der Waals surface area contributed by atoms with Crippen LogP contribution >= 0.6 is 0 Å². The average molecular weight is 233 g/mol. The van der Waals surface area contributed by atoms with Gasteiger partial charge in [-0.3, -0.25) is 4.99 Å². The Kier molecular flexibility index (Phi) is 3.31. The van der Waals surface area contributed by atoms with E-state index in [1.165, 1.54) is 0 Å². The fourth-order valence-electron chi connectivity index (χ4n) is 2.20. The summed E-state index contributed by atoms with van der Waals surface area (Å²) in [5.41, 5.74) is 1.72. The number of hydrogen-bond acceptors (Lipinski definition) is 3. The van der Waals surface area contributed by atoms with Gasteiger partial charge in [0.2, 0.25) is 5.79 Å². The lowest BCUT2D eigenvalue weighted by molar-refractivity contribution is -0.197. The van der Waals surface area contributed by atoms with Gasteiger partial charge >= 0.3 is 0 Å². The van der Waals surface area contributed by atoms with Crippen molar-refractivity contribution in [3.05, 3.63) is 35.9 Å². The maximum absolute atomic E-state index is 10.3. The minimum atomic E-state index is -1.22. The van der Waals surface area contributed by atoms with E-state index in [9.17, 15) is 5.11 Å². The summed E-state index contributed by atoms with van der Waals surface area (Å²) in [5, 5.41) is 10.3. The van der Waals surface area contributed by atoms with Crippen LogP contribution < -0.4 is 0 Å². The van der Waals surface area contributed by atoms with Gasteiger partial charge in [0.25, 0.3) is 0 Å². The van der Waals surface area contributed by atoms with E-state index in [0.717, 1.165) is 5.56 Å². The van der Waals surface area contributed by atoms with E-state index in [2.05, 4.69) is 4.99 Å². The fraction of sp³-hybridized carbons (Fsp3) is 0.500. The van der Waals surface area contributed by atoms with Crippen LogP contribution in [-0.2, 0) is 4.74 Å². The van der Waals surface area contributed by atoms with Gasteiger partial charge < -0.3 is 9.84 Å². The second-order valence-corrected chi connectivity index (χ2v) is 4.54. The third kappa shape index (κ3) is 2.26. The van der Waals surface area contributed by atoms with E-state index >= 15 is 0 Å². The van der Waals surface area contributed by atoms with Crippen molar-refractivity contribution in [2.24, 2.45) is 4.99 Å². The molecular formula is C14H19NO2. The van der Waals surface area contributed by atoms with Crippen LogP contribution in [0.3, 0.4) is 0 Å². The van der Waals surface area contributed by atoms with Gasteiger partial charge in [-0.15, -0.1) is 0 Å². The maximum Gasteiger partial charge on any atom is 0.205 e. The molecular weight excluding hydrogens is 214 g/mol. The van der Waals surface area contributed by atoms with Gasteiger partial charge in [0.1, 0.15) is 6.10 Å². The Hall–Kier alpha value is -1.19. The fourth-order valence-corrected chi connectivity index (χ4v) is 2.20. The molecule has 1 aliphatic rings. The third-order valence-electron chi connectivity index (χ3n) is 3.33. The third-order valence-corrected chi connectivity index (χ3v) is 3.33. The van der Waals surface area contributed by atoms with Crippen LogP contribution in [0.2, 0.25) is 0 Å². The first-order valence-corrected chi connectivity index (χ1v) is 6.07. The summed E-state index contributed by atoms with van der Waals surface area (Å²) >= 11 is 0. The van der Waals surface area contributed by atoms with Gasteiger partial charge in [0, 0.05) is 6.42 Å². The summed E-state index contributed by atoms with van der Waals surface area (Å²) in [7, 11) is 0. The molecule has 92 valence electrons. The molecule has 1 aromatic carbocycles. The van der Waals surface area contributed by atoms with Gasteiger partial charge in [0.05, 0.1) is 11.8 Å². The van der Waals surface area contributed by atoms with E-state index in [-0.39, 0.29) is 12.1 Å². The largest absolute Gasteiger partial charge is 0.361 e. The van der Waals surface area contributed by atoms with Crippen LogP contribution in [0.4, 0.5) is 0 Å². The SMILES string of the molecule is CC[C@]1(O)O[C@H](c2ccccc2)[C@H](C)N=C1C. The predicted octanol–water partition coefficient (Wildman–Crippen LogP) is 2.71. The summed E-state index contributed by atoms with van der Waals surface area (Å²) in [6.07, 6.45) is 0.336. The first-order chi connectivity index (χ1) is 8.07. The molecule has 3 nitrogen and oxygen atoms in total. The molecule has 0 aromatic heterocycles. The van der Waals surface area contributed by atoms with E-state index in [1.807, 2.05) is 51.1 Å². The van der Waals surface area contributed by atoms with Gasteiger partial charge in [-0.25, -0.2) is 0 Å². The molecule has 0 bridgehead atoms. The van der Waals surface area contributed by atoms with E-state index in [0.29, 0.717) is 12.1 Å². The molecule has 0 spiro atoms. The number of benzene rings is 1. The predicted molar refractivity (Wildman–Crippen MR) is 68.1 cm³/mol. The Morgan fingerprint density at radius 2 is 2.00 bits per heavy atom. The van der Waals surface area contributed by atoms with Crippen molar-refractivity contribution in [2.75, 3.05) is 0 Å². The number of nitrogens with zero attached hydrogens (tertiary/aromatic N) is 1. The molecule has 0 radical (unpaired) electrons. The molecule has 0 aliphatic carbocycles. The van der Waals surface area contributed by atoms with Crippen LogP contribution in [0.25, 0.3) is 0 Å².